The molecule has 1 saturated carbocycles. The predicted octanol–water partition coefficient (Wildman–Crippen LogP) is 4.45. The number of carbonyl (C=O) groups excluding carboxylic acids is 1. The number of aryl methyl sites for hydroxylation is 1. The Hall–Kier alpha value is -3.48. The summed E-state index contributed by atoms with van der Waals surface area (Å²) in [5, 5.41) is 12.6. The third-order valence-electron chi connectivity index (χ3n) is 5.66. The first-order chi connectivity index (χ1) is 14.7. The van der Waals surface area contributed by atoms with Crippen LogP contribution in [0.15, 0.2) is 53.2 Å². The third kappa shape index (κ3) is 3.36. The van der Waals surface area contributed by atoms with Gasteiger partial charge in [-0.05, 0) is 31.9 Å². The second-order valence-corrected chi connectivity index (χ2v) is 7.64. The molecule has 3 aromatic heterocycles. The standard InChI is InChI=1S/C23H23N5O2/c1-2-28-13-12-18(26-28)19-14-17(22(29)24-16-10-6-7-11-16)20-21(27-30-23(20)25-19)15-8-4-3-5-9-15/h3-5,8-9,12-14,16H,2,6-7,10-11H2,1H3,(H,24,29). The summed E-state index contributed by atoms with van der Waals surface area (Å²) in [6.07, 6.45) is 6.24. The normalized spacial score (nSPS) is 14.4. The number of fused-ring (bicyclic) bond motifs is 1. The molecule has 0 aliphatic heterocycles. The Labute approximate surface area is 174 Å². The van der Waals surface area contributed by atoms with Crippen molar-refractivity contribution in [3.8, 4) is 22.6 Å². The van der Waals surface area contributed by atoms with E-state index in [1.54, 1.807) is 6.07 Å². The zero-order valence-electron chi connectivity index (χ0n) is 16.8. The number of rotatable bonds is 5. The monoisotopic (exact) mass is 401 g/mol. The van der Waals surface area contributed by atoms with Gasteiger partial charge in [-0.15, -0.1) is 0 Å². The van der Waals surface area contributed by atoms with Gasteiger partial charge >= 0.3 is 0 Å². The van der Waals surface area contributed by atoms with Crippen molar-refractivity contribution in [1.82, 2.24) is 25.2 Å². The molecule has 1 fully saturated rings. The maximum Gasteiger partial charge on any atom is 0.259 e. The average molecular weight is 401 g/mol. The van der Waals surface area contributed by atoms with Crippen molar-refractivity contribution in [2.45, 2.75) is 45.2 Å². The first kappa shape index (κ1) is 18.5. The SMILES string of the molecule is CCn1ccc(-c2cc(C(=O)NC3CCCC3)c3c(-c4ccccc4)noc3n2)n1. The van der Waals surface area contributed by atoms with Crippen LogP contribution in [-0.4, -0.2) is 31.9 Å². The van der Waals surface area contributed by atoms with Gasteiger partial charge in [-0.25, -0.2) is 4.98 Å². The summed E-state index contributed by atoms with van der Waals surface area (Å²) >= 11 is 0. The van der Waals surface area contributed by atoms with Crippen LogP contribution in [0.1, 0.15) is 43.0 Å². The molecule has 30 heavy (non-hydrogen) atoms. The summed E-state index contributed by atoms with van der Waals surface area (Å²) in [4.78, 5) is 17.9. The number of benzene rings is 1. The summed E-state index contributed by atoms with van der Waals surface area (Å²) in [6.45, 7) is 2.79. The highest BCUT2D eigenvalue weighted by molar-refractivity contribution is 6.10. The van der Waals surface area contributed by atoms with E-state index >= 15 is 0 Å². The highest BCUT2D eigenvalue weighted by atomic mass is 16.5. The van der Waals surface area contributed by atoms with Crippen LogP contribution in [0.4, 0.5) is 0 Å². The molecule has 5 rings (SSSR count). The number of hydrogen-bond acceptors (Lipinski definition) is 5. The van der Waals surface area contributed by atoms with Crippen LogP contribution in [0, 0.1) is 0 Å². The van der Waals surface area contributed by atoms with Gasteiger partial charge in [0.25, 0.3) is 11.6 Å². The molecule has 7 nitrogen and oxygen atoms in total. The van der Waals surface area contributed by atoms with Crippen LogP contribution in [0.5, 0.6) is 0 Å². The number of carbonyl (C=O) groups is 1. The summed E-state index contributed by atoms with van der Waals surface area (Å²) < 4.78 is 7.41. The molecule has 1 aromatic carbocycles. The molecule has 0 atom stereocenters. The Morgan fingerprint density at radius 3 is 2.70 bits per heavy atom. The summed E-state index contributed by atoms with van der Waals surface area (Å²) in [5.74, 6) is -0.120. The second-order valence-electron chi connectivity index (χ2n) is 7.64. The first-order valence-corrected chi connectivity index (χ1v) is 10.4. The molecule has 1 aliphatic carbocycles. The van der Waals surface area contributed by atoms with E-state index in [0.717, 1.165) is 37.8 Å². The molecule has 0 bridgehead atoms. The number of pyridine rings is 1. The van der Waals surface area contributed by atoms with Gasteiger partial charge in [0.05, 0.1) is 16.6 Å². The van der Waals surface area contributed by atoms with E-state index in [0.29, 0.717) is 33.7 Å². The van der Waals surface area contributed by atoms with E-state index in [9.17, 15) is 4.79 Å². The van der Waals surface area contributed by atoms with Gasteiger partial charge in [0.15, 0.2) is 0 Å². The zero-order chi connectivity index (χ0) is 20.5. The van der Waals surface area contributed by atoms with E-state index in [1.807, 2.05) is 54.2 Å². The van der Waals surface area contributed by atoms with Crippen LogP contribution in [0.2, 0.25) is 0 Å². The van der Waals surface area contributed by atoms with E-state index < -0.39 is 0 Å². The molecule has 0 spiro atoms. The molecule has 4 aromatic rings. The molecule has 0 unspecified atom stereocenters. The van der Waals surface area contributed by atoms with E-state index in [2.05, 4.69) is 20.6 Å². The zero-order valence-corrected chi connectivity index (χ0v) is 16.8. The molecule has 7 heteroatoms. The van der Waals surface area contributed by atoms with E-state index in [1.165, 1.54) is 0 Å². The van der Waals surface area contributed by atoms with Crippen LogP contribution >= 0.6 is 0 Å². The van der Waals surface area contributed by atoms with Gasteiger partial charge in [0.2, 0.25) is 0 Å². The van der Waals surface area contributed by atoms with Gasteiger partial charge in [0, 0.05) is 24.3 Å². The Morgan fingerprint density at radius 1 is 1.17 bits per heavy atom. The van der Waals surface area contributed by atoms with Crippen LogP contribution in [0.25, 0.3) is 33.7 Å². The molecule has 0 saturated heterocycles. The minimum Gasteiger partial charge on any atom is -0.349 e. The minimum absolute atomic E-state index is 0.120. The van der Waals surface area contributed by atoms with Crippen molar-refractivity contribution in [3.05, 3.63) is 54.2 Å². The number of aromatic nitrogens is 4. The lowest BCUT2D eigenvalue weighted by molar-refractivity contribution is 0.0939. The number of hydrogen-bond donors (Lipinski definition) is 1. The molecule has 1 aliphatic rings. The quantitative estimate of drug-likeness (QED) is 0.534. The Kier molecular flexibility index (Phi) is 4.78. The lowest BCUT2D eigenvalue weighted by Gasteiger charge is -2.13. The van der Waals surface area contributed by atoms with Gasteiger partial charge in [-0.3, -0.25) is 9.48 Å². The Balaban J connectivity index is 1.65. The molecule has 152 valence electrons. The van der Waals surface area contributed by atoms with Crippen molar-refractivity contribution in [3.63, 3.8) is 0 Å². The van der Waals surface area contributed by atoms with Crippen LogP contribution in [0.3, 0.4) is 0 Å². The smallest absolute Gasteiger partial charge is 0.259 e. The number of nitrogens with one attached hydrogen (secondary N) is 1. The summed E-state index contributed by atoms with van der Waals surface area (Å²) in [7, 11) is 0. The first-order valence-electron chi connectivity index (χ1n) is 10.4. The van der Waals surface area contributed by atoms with Gasteiger partial charge in [-0.1, -0.05) is 48.3 Å². The Morgan fingerprint density at radius 2 is 1.97 bits per heavy atom. The fourth-order valence-electron chi connectivity index (χ4n) is 4.06. The molecular formula is C23H23N5O2. The van der Waals surface area contributed by atoms with Crippen molar-refractivity contribution in [1.29, 1.82) is 0 Å². The highest BCUT2D eigenvalue weighted by Gasteiger charge is 2.25. The van der Waals surface area contributed by atoms with Gasteiger partial charge < -0.3 is 9.84 Å². The number of amides is 1. The van der Waals surface area contributed by atoms with E-state index in [4.69, 9.17) is 4.52 Å². The molecular weight excluding hydrogens is 378 g/mol. The largest absolute Gasteiger partial charge is 0.349 e. The average Bonchev–Trinajstić information content (AvgIpc) is 3.54. The molecule has 0 radical (unpaired) electrons. The number of nitrogens with zero attached hydrogens (tertiary/aromatic N) is 4. The van der Waals surface area contributed by atoms with E-state index in [-0.39, 0.29) is 11.9 Å². The van der Waals surface area contributed by atoms with Crippen molar-refractivity contribution < 1.29 is 9.32 Å². The topological polar surface area (TPSA) is 85.8 Å². The molecule has 3 heterocycles. The Bertz CT molecular complexity index is 1190. The maximum absolute atomic E-state index is 13.3. The van der Waals surface area contributed by atoms with Crippen LogP contribution in [-0.2, 0) is 6.54 Å². The minimum atomic E-state index is -0.120. The lowest BCUT2D eigenvalue weighted by atomic mass is 10.0. The molecule has 1 N–H and O–H groups in total. The lowest BCUT2D eigenvalue weighted by Crippen LogP contribution is -2.32. The van der Waals surface area contributed by atoms with Gasteiger partial charge in [-0.2, -0.15) is 5.10 Å². The second kappa shape index (κ2) is 7.74. The van der Waals surface area contributed by atoms with Gasteiger partial charge in [0.1, 0.15) is 11.4 Å². The maximum atomic E-state index is 13.3. The fourth-order valence-corrected chi connectivity index (χ4v) is 4.06. The highest BCUT2D eigenvalue weighted by Crippen LogP contribution is 2.32. The van der Waals surface area contributed by atoms with Crippen molar-refractivity contribution >= 4 is 17.0 Å². The predicted molar refractivity (Wildman–Crippen MR) is 114 cm³/mol. The summed E-state index contributed by atoms with van der Waals surface area (Å²) in [5.41, 5.74) is 3.67. The molecule has 1 amide bonds. The van der Waals surface area contributed by atoms with Crippen LogP contribution < -0.4 is 5.32 Å². The van der Waals surface area contributed by atoms with Crippen molar-refractivity contribution in [2.75, 3.05) is 0 Å². The van der Waals surface area contributed by atoms with Crippen molar-refractivity contribution in [2.24, 2.45) is 0 Å². The summed E-state index contributed by atoms with van der Waals surface area (Å²) in [6, 6.07) is 13.6. The fraction of sp³-hybridized carbons (Fsp3) is 0.304. The third-order valence-corrected chi connectivity index (χ3v) is 5.66.